The van der Waals surface area contributed by atoms with Gasteiger partial charge in [0.15, 0.2) is 0 Å². The first kappa shape index (κ1) is 27.3. The molecular formula is C30H52N6. The third-order valence-electron chi connectivity index (χ3n) is 8.98. The average molecular weight is 497 g/mol. The summed E-state index contributed by atoms with van der Waals surface area (Å²) in [7, 11) is 0. The van der Waals surface area contributed by atoms with Crippen LogP contribution in [0.15, 0.2) is 12.4 Å². The minimum absolute atomic E-state index is 0.511. The number of rotatable bonds is 9. The first-order valence-corrected chi connectivity index (χ1v) is 15.6. The number of unbranched alkanes of at least 4 members (excludes halogenated alkanes) is 1. The maximum atomic E-state index is 4.69. The van der Waals surface area contributed by atoms with E-state index < -0.39 is 0 Å². The molecule has 202 valence electrons. The van der Waals surface area contributed by atoms with E-state index >= 15 is 0 Å². The Morgan fingerprint density at radius 1 is 0.750 bits per heavy atom. The van der Waals surface area contributed by atoms with Gasteiger partial charge in [0.25, 0.3) is 0 Å². The van der Waals surface area contributed by atoms with Gasteiger partial charge in [-0.1, -0.05) is 101 Å². The van der Waals surface area contributed by atoms with Gasteiger partial charge in [0.05, 0.1) is 29.7 Å². The molecule has 0 bridgehead atoms. The van der Waals surface area contributed by atoms with Crippen molar-refractivity contribution >= 4 is 0 Å². The first-order valence-electron chi connectivity index (χ1n) is 15.6. The van der Waals surface area contributed by atoms with Gasteiger partial charge in [-0.2, -0.15) is 0 Å². The molecule has 0 N–H and O–H groups in total. The Morgan fingerprint density at radius 3 is 2.06 bits per heavy atom. The van der Waals surface area contributed by atoms with E-state index in [2.05, 4.69) is 56.2 Å². The van der Waals surface area contributed by atoms with Crippen molar-refractivity contribution in [3.05, 3.63) is 23.8 Å². The third kappa shape index (κ3) is 7.64. The van der Waals surface area contributed by atoms with Crippen molar-refractivity contribution in [2.45, 2.75) is 166 Å². The molecule has 6 heteroatoms. The molecule has 0 saturated heterocycles. The minimum atomic E-state index is 0.511. The second kappa shape index (κ2) is 14.9. The van der Waals surface area contributed by atoms with E-state index in [1.807, 2.05) is 0 Å². The summed E-state index contributed by atoms with van der Waals surface area (Å²) in [5.74, 6) is 1.24. The largest absolute Gasteiger partial charge is 0.249 e. The molecule has 2 aromatic heterocycles. The van der Waals surface area contributed by atoms with Crippen LogP contribution in [0.5, 0.6) is 0 Å². The molecule has 0 aliphatic heterocycles. The highest BCUT2D eigenvalue weighted by Gasteiger charge is 2.24. The van der Waals surface area contributed by atoms with E-state index in [0.29, 0.717) is 23.9 Å². The van der Waals surface area contributed by atoms with Crippen molar-refractivity contribution in [1.82, 2.24) is 30.0 Å². The molecular weight excluding hydrogens is 444 g/mol. The molecule has 2 saturated carbocycles. The zero-order chi connectivity index (χ0) is 25.0. The molecule has 6 nitrogen and oxygen atoms in total. The van der Waals surface area contributed by atoms with Crippen LogP contribution >= 0.6 is 0 Å². The molecule has 2 aliphatic carbocycles. The Bertz CT molecular complexity index is 837. The summed E-state index contributed by atoms with van der Waals surface area (Å²) < 4.78 is 4.58. The van der Waals surface area contributed by atoms with Crippen LogP contribution in [0.4, 0.5) is 0 Å². The molecule has 4 rings (SSSR count). The zero-order valence-electron chi connectivity index (χ0n) is 23.3. The van der Waals surface area contributed by atoms with Gasteiger partial charge in [-0.25, -0.2) is 9.36 Å². The van der Waals surface area contributed by atoms with Gasteiger partial charge in [0, 0.05) is 18.0 Å². The molecule has 2 heterocycles. The topological polar surface area (TPSA) is 61.4 Å². The number of nitrogens with zero attached hydrogens (tertiary/aromatic N) is 6. The normalized spacial score (nSPS) is 24.2. The highest BCUT2D eigenvalue weighted by Crippen LogP contribution is 2.34. The van der Waals surface area contributed by atoms with Gasteiger partial charge in [-0.15, -0.1) is 10.2 Å². The van der Waals surface area contributed by atoms with E-state index in [9.17, 15) is 0 Å². The lowest BCUT2D eigenvalue weighted by Gasteiger charge is -2.25. The van der Waals surface area contributed by atoms with Crippen LogP contribution in [0.25, 0.3) is 0 Å². The molecule has 0 aromatic carbocycles. The Balaban J connectivity index is 1.34. The maximum absolute atomic E-state index is 4.69. The Hall–Kier alpha value is -1.72. The smallest absolute Gasteiger partial charge is 0.0858 e. The lowest BCUT2D eigenvalue weighted by atomic mass is 9.89. The van der Waals surface area contributed by atoms with Crippen molar-refractivity contribution in [3.63, 3.8) is 0 Å². The van der Waals surface area contributed by atoms with E-state index in [4.69, 9.17) is 0 Å². The molecule has 2 aromatic rings. The zero-order valence-corrected chi connectivity index (χ0v) is 23.3. The summed E-state index contributed by atoms with van der Waals surface area (Å²) in [5.41, 5.74) is 2.66. The van der Waals surface area contributed by atoms with Crippen molar-refractivity contribution in [1.29, 1.82) is 0 Å². The van der Waals surface area contributed by atoms with Crippen molar-refractivity contribution < 1.29 is 0 Å². The monoisotopic (exact) mass is 496 g/mol. The molecule has 0 radical (unpaired) electrons. The lowest BCUT2D eigenvalue weighted by molar-refractivity contribution is 0.300. The minimum Gasteiger partial charge on any atom is -0.249 e. The summed E-state index contributed by atoms with van der Waals surface area (Å²) in [4.78, 5) is 0. The van der Waals surface area contributed by atoms with Gasteiger partial charge in [0.1, 0.15) is 0 Å². The number of aromatic nitrogens is 6. The Labute approximate surface area is 220 Å². The SMILES string of the molecule is CCCCC(CCC)c1cnnn1C1CCCCC(n2cc(C3CCCCCCC3)nn2)CCCC1. The van der Waals surface area contributed by atoms with Crippen LogP contribution in [0, 0.1) is 0 Å². The fourth-order valence-corrected chi connectivity index (χ4v) is 6.79. The number of hydrogen-bond donors (Lipinski definition) is 0. The molecule has 0 amide bonds. The second-order valence-electron chi connectivity index (χ2n) is 11.8. The fraction of sp³-hybridized carbons (Fsp3) is 0.867. The second-order valence-corrected chi connectivity index (χ2v) is 11.8. The summed E-state index contributed by atoms with van der Waals surface area (Å²) >= 11 is 0. The van der Waals surface area contributed by atoms with E-state index in [0.717, 1.165) is 0 Å². The fourth-order valence-electron chi connectivity index (χ4n) is 6.79. The van der Waals surface area contributed by atoms with Crippen LogP contribution in [-0.4, -0.2) is 30.0 Å². The van der Waals surface area contributed by atoms with E-state index in [1.54, 1.807) is 0 Å². The Kier molecular flexibility index (Phi) is 11.3. The molecule has 36 heavy (non-hydrogen) atoms. The van der Waals surface area contributed by atoms with Crippen LogP contribution in [-0.2, 0) is 0 Å². The van der Waals surface area contributed by atoms with Crippen molar-refractivity contribution in [2.24, 2.45) is 0 Å². The van der Waals surface area contributed by atoms with Crippen LogP contribution < -0.4 is 0 Å². The van der Waals surface area contributed by atoms with Gasteiger partial charge in [-0.3, -0.25) is 0 Å². The predicted molar refractivity (Wildman–Crippen MR) is 147 cm³/mol. The van der Waals surface area contributed by atoms with Crippen LogP contribution in [0.3, 0.4) is 0 Å². The summed E-state index contributed by atoms with van der Waals surface area (Å²) in [5, 5.41) is 18.4. The molecule has 1 unspecified atom stereocenters. The van der Waals surface area contributed by atoms with Gasteiger partial charge >= 0.3 is 0 Å². The predicted octanol–water partition coefficient (Wildman–Crippen LogP) is 8.69. The summed E-state index contributed by atoms with van der Waals surface area (Å²) in [6.45, 7) is 4.61. The highest BCUT2D eigenvalue weighted by atomic mass is 15.4. The molecule has 1 atom stereocenters. The van der Waals surface area contributed by atoms with Crippen molar-refractivity contribution in [3.8, 4) is 0 Å². The summed E-state index contributed by atoms with van der Waals surface area (Å²) in [6.07, 6.45) is 30.1. The van der Waals surface area contributed by atoms with Gasteiger partial charge < -0.3 is 0 Å². The standard InChI is InChI=1S/C30H52N6/c1-3-5-16-26(15-4-2)30-23-31-33-36(30)28-21-13-11-19-27(20-12-14-22-28)35-24-29(32-34-35)25-17-9-7-6-8-10-18-25/h23-28H,3-22H2,1-2H3. The lowest BCUT2D eigenvalue weighted by Crippen LogP contribution is -2.18. The van der Waals surface area contributed by atoms with E-state index in [1.165, 1.54) is 140 Å². The molecule has 2 fully saturated rings. The summed E-state index contributed by atoms with van der Waals surface area (Å²) in [6, 6.07) is 1.03. The average Bonchev–Trinajstić information content (AvgIpc) is 3.55. The highest BCUT2D eigenvalue weighted by molar-refractivity contribution is 5.05. The van der Waals surface area contributed by atoms with Crippen LogP contribution in [0.1, 0.15) is 178 Å². The van der Waals surface area contributed by atoms with Gasteiger partial charge in [0.2, 0.25) is 0 Å². The van der Waals surface area contributed by atoms with E-state index in [-0.39, 0.29) is 0 Å². The molecule has 2 aliphatic rings. The van der Waals surface area contributed by atoms with Gasteiger partial charge in [-0.05, 0) is 51.4 Å². The quantitative estimate of drug-likeness (QED) is 0.348. The number of hydrogen-bond acceptors (Lipinski definition) is 4. The first-order chi connectivity index (χ1) is 17.8. The van der Waals surface area contributed by atoms with Crippen LogP contribution in [0.2, 0.25) is 0 Å². The Morgan fingerprint density at radius 2 is 1.39 bits per heavy atom. The maximum Gasteiger partial charge on any atom is 0.0858 e. The third-order valence-corrected chi connectivity index (χ3v) is 8.98. The van der Waals surface area contributed by atoms with Crippen molar-refractivity contribution in [2.75, 3.05) is 0 Å². The molecule has 0 spiro atoms.